The Labute approximate surface area is 116 Å². The Morgan fingerprint density at radius 3 is 2.58 bits per heavy atom. The Morgan fingerprint density at radius 2 is 2.11 bits per heavy atom. The first-order valence-electron chi connectivity index (χ1n) is 7.06. The second kappa shape index (κ2) is 5.68. The second-order valence-corrected chi connectivity index (χ2v) is 7.99. The summed E-state index contributed by atoms with van der Waals surface area (Å²) in [7, 11) is -1.45. The predicted molar refractivity (Wildman–Crippen MR) is 73.4 cm³/mol. The number of aliphatic hydroxyl groups excluding tert-OH is 1. The number of ether oxygens (including phenoxy) is 1. The normalized spacial score (nSPS) is 29.7. The first-order valence-corrected chi connectivity index (χ1v) is 8.90. The average molecular weight is 291 g/mol. The highest BCUT2D eigenvalue weighted by Gasteiger charge is 2.44. The third kappa shape index (κ3) is 3.29. The minimum Gasteiger partial charge on any atom is -0.390 e. The first-order chi connectivity index (χ1) is 8.87. The van der Waals surface area contributed by atoms with E-state index in [1.54, 1.807) is 7.11 Å². The summed E-state index contributed by atoms with van der Waals surface area (Å²) in [6.45, 7) is 1.15. The number of piperidine rings is 1. The third-order valence-corrected chi connectivity index (χ3v) is 5.99. The topological polar surface area (TPSA) is 66.8 Å². The van der Waals surface area contributed by atoms with E-state index in [0.717, 1.165) is 32.1 Å². The zero-order chi connectivity index (χ0) is 14.1. The van der Waals surface area contributed by atoms with Crippen molar-refractivity contribution in [2.24, 2.45) is 5.92 Å². The highest BCUT2D eigenvalue weighted by molar-refractivity contribution is 7.88. The average Bonchev–Trinajstić information content (AvgIpc) is 2.27. The standard InChI is InChI=1S/C13H25NO4S/c1-18-13(6-4-7-13)12(15)9-11-5-3-8-14(10-11)19(2,16)17/h11-12,15H,3-10H2,1-2H3. The van der Waals surface area contributed by atoms with Gasteiger partial charge < -0.3 is 9.84 Å². The van der Waals surface area contributed by atoms with Gasteiger partial charge in [0.15, 0.2) is 0 Å². The van der Waals surface area contributed by atoms with E-state index in [1.807, 2.05) is 0 Å². The highest BCUT2D eigenvalue weighted by Crippen LogP contribution is 2.40. The van der Waals surface area contributed by atoms with Crippen molar-refractivity contribution in [3.05, 3.63) is 0 Å². The first kappa shape index (κ1) is 15.2. The molecular weight excluding hydrogens is 266 g/mol. The van der Waals surface area contributed by atoms with Gasteiger partial charge in [-0.3, -0.25) is 0 Å². The van der Waals surface area contributed by atoms with E-state index in [-0.39, 0.29) is 11.5 Å². The highest BCUT2D eigenvalue weighted by atomic mass is 32.2. The summed E-state index contributed by atoms with van der Waals surface area (Å²) in [5.41, 5.74) is -0.368. The Hall–Kier alpha value is -0.170. The van der Waals surface area contributed by atoms with Gasteiger partial charge in [-0.1, -0.05) is 0 Å². The zero-order valence-corrected chi connectivity index (χ0v) is 12.7. The molecular formula is C13H25NO4S. The number of nitrogens with zero attached hydrogens (tertiary/aromatic N) is 1. The molecule has 2 fully saturated rings. The fourth-order valence-corrected chi connectivity index (χ4v) is 4.19. The molecule has 0 aromatic carbocycles. The van der Waals surface area contributed by atoms with Crippen molar-refractivity contribution in [3.8, 4) is 0 Å². The van der Waals surface area contributed by atoms with E-state index >= 15 is 0 Å². The lowest BCUT2D eigenvalue weighted by molar-refractivity contribution is -0.155. The fourth-order valence-electron chi connectivity index (χ4n) is 3.25. The minimum absolute atomic E-state index is 0.242. The second-order valence-electron chi connectivity index (χ2n) is 6.00. The SMILES string of the molecule is COC1(C(O)CC2CCCN(S(C)(=O)=O)C2)CCC1. The Bertz CT molecular complexity index is 399. The van der Waals surface area contributed by atoms with Gasteiger partial charge >= 0.3 is 0 Å². The van der Waals surface area contributed by atoms with Crippen molar-refractivity contribution < 1.29 is 18.3 Å². The molecule has 1 heterocycles. The summed E-state index contributed by atoms with van der Waals surface area (Å²) in [6.07, 6.45) is 6.21. The number of hydrogen-bond acceptors (Lipinski definition) is 4. The molecule has 1 saturated carbocycles. The molecule has 0 amide bonds. The van der Waals surface area contributed by atoms with Crippen LogP contribution in [0.4, 0.5) is 0 Å². The largest absolute Gasteiger partial charge is 0.390 e. The molecule has 2 aliphatic rings. The molecule has 0 aromatic rings. The van der Waals surface area contributed by atoms with Crippen LogP contribution in [0.3, 0.4) is 0 Å². The van der Waals surface area contributed by atoms with E-state index in [1.165, 1.54) is 10.6 Å². The fraction of sp³-hybridized carbons (Fsp3) is 1.00. The van der Waals surface area contributed by atoms with Gasteiger partial charge in [0, 0.05) is 20.2 Å². The number of methoxy groups -OCH3 is 1. The van der Waals surface area contributed by atoms with Crippen molar-refractivity contribution in [3.63, 3.8) is 0 Å². The summed E-state index contributed by atoms with van der Waals surface area (Å²) >= 11 is 0. The van der Waals surface area contributed by atoms with Gasteiger partial charge in [-0.25, -0.2) is 12.7 Å². The number of sulfonamides is 1. The van der Waals surface area contributed by atoms with Crippen LogP contribution in [-0.4, -0.2) is 56.0 Å². The summed E-state index contributed by atoms with van der Waals surface area (Å²) < 4.78 is 30.2. The molecule has 112 valence electrons. The lowest BCUT2D eigenvalue weighted by atomic mass is 9.73. The number of hydrogen-bond donors (Lipinski definition) is 1. The minimum atomic E-state index is -3.11. The summed E-state index contributed by atoms with van der Waals surface area (Å²) in [5.74, 6) is 0.242. The molecule has 0 radical (unpaired) electrons. The summed E-state index contributed by atoms with van der Waals surface area (Å²) in [4.78, 5) is 0. The van der Waals surface area contributed by atoms with Crippen LogP contribution in [0.1, 0.15) is 38.5 Å². The van der Waals surface area contributed by atoms with E-state index in [2.05, 4.69) is 0 Å². The molecule has 0 bridgehead atoms. The van der Waals surface area contributed by atoms with Crippen LogP contribution in [0.2, 0.25) is 0 Å². The van der Waals surface area contributed by atoms with Gasteiger partial charge in [0.1, 0.15) is 0 Å². The Kier molecular flexibility index (Phi) is 4.55. The maximum atomic E-state index is 11.6. The Balaban J connectivity index is 1.92. The zero-order valence-electron chi connectivity index (χ0n) is 11.8. The maximum Gasteiger partial charge on any atom is 0.211 e. The molecule has 0 aromatic heterocycles. The quantitative estimate of drug-likeness (QED) is 0.820. The van der Waals surface area contributed by atoms with Crippen molar-refractivity contribution in [1.82, 2.24) is 4.31 Å². The van der Waals surface area contributed by atoms with Crippen molar-refractivity contribution in [2.45, 2.75) is 50.2 Å². The maximum absolute atomic E-state index is 11.6. The van der Waals surface area contributed by atoms with E-state index in [0.29, 0.717) is 19.5 Å². The van der Waals surface area contributed by atoms with Gasteiger partial charge in [-0.05, 0) is 44.4 Å². The molecule has 0 spiro atoms. The van der Waals surface area contributed by atoms with Crippen molar-refractivity contribution in [2.75, 3.05) is 26.5 Å². The molecule has 1 aliphatic heterocycles. The monoisotopic (exact) mass is 291 g/mol. The number of aliphatic hydroxyl groups is 1. The van der Waals surface area contributed by atoms with Crippen molar-refractivity contribution in [1.29, 1.82) is 0 Å². The van der Waals surface area contributed by atoms with Crippen LogP contribution >= 0.6 is 0 Å². The van der Waals surface area contributed by atoms with E-state index in [4.69, 9.17) is 4.74 Å². The molecule has 1 N–H and O–H groups in total. The molecule has 19 heavy (non-hydrogen) atoms. The molecule has 6 heteroatoms. The third-order valence-electron chi connectivity index (χ3n) is 4.72. The van der Waals surface area contributed by atoms with Crippen LogP contribution in [0, 0.1) is 5.92 Å². The summed E-state index contributed by atoms with van der Waals surface area (Å²) in [6, 6.07) is 0. The predicted octanol–water partition coefficient (Wildman–Crippen LogP) is 0.978. The molecule has 1 saturated heterocycles. The molecule has 2 unspecified atom stereocenters. The van der Waals surface area contributed by atoms with Gasteiger partial charge in [0.25, 0.3) is 0 Å². The number of rotatable bonds is 5. The Morgan fingerprint density at radius 1 is 1.42 bits per heavy atom. The summed E-state index contributed by atoms with van der Waals surface area (Å²) in [5, 5.41) is 10.4. The van der Waals surface area contributed by atoms with Gasteiger partial charge in [0.2, 0.25) is 10.0 Å². The van der Waals surface area contributed by atoms with Crippen LogP contribution in [-0.2, 0) is 14.8 Å². The lowest BCUT2D eigenvalue weighted by Gasteiger charge is -2.45. The molecule has 2 rings (SSSR count). The van der Waals surface area contributed by atoms with Crippen molar-refractivity contribution >= 4 is 10.0 Å². The van der Waals surface area contributed by atoms with Crippen LogP contribution in [0.15, 0.2) is 0 Å². The molecule has 1 aliphatic carbocycles. The molecule has 2 atom stereocenters. The van der Waals surface area contributed by atoms with Gasteiger partial charge in [-0.2, -0.15) is 0 Å². The van der Waals surface area contributed by atoms with Crippen LogP contribution in [0.25, 0.3) is 0 Å². The van der Waals surface area contributed by atoms with E-state index < -0.39 is 16.1 Å². The van der Waals surface area contributed by atoms with Crippen LogP contribution < -0.4 is 0 Å². The van der Waals surface area contributed by atoms with Crippen LogP contribution in [0.5, 0.6) is 0 Å². The van der Waals surface area contributed by atoms with Gasteiger partial charge in [0.05, 0.1) is 18.0 Å². The van der Waals surface area contributed by atoms with E-state index in [9.17, 15) is 13.5 Å². The lowest BCUT2D eigenvalue weighted by Crippen LogP contribution is -2.51. The molecule has 5 nitrogen and oxygen atoms in total. The van der Waals surface area contributed by atoms with Gasteiger partial charge in [-0.15, -0.1) is 0 Å². The smallest absolute Gasteiger partial charge is 0.211 e.